The molecule has 176 valence electrons. The molecule has 0 unspecified atom stereocenters. The molecule has 5 rings (SSSR count). The fraction of sp³-hybridized carbons (Fsp3) is 0.560. The molecule has 0 atom stereocenters. The number of nitrogens with zero attached hydrogens (tertiary/aromatic N) is 5. The second-order valence-corrected chi connectivity index (χ2v) is 9.26. The van der Waals surface area contributed by atoms with Gasteiger partial charge in [-0.3, -0.25) is 14.0 Å². The number of pyridine rings is 1. The van der Waals surface area contributed by atoms with Gasteiger partial charge < -0.3 is 19.1 Å². The monoisotopic (exact) mass is 451 g/mol. The van der Waals surface area contributed by atoms with Gasteiger partial charge in [-0.1, -0.05) is 13.0 Å². The Morgan fingerprint density at radius 3 is 2.58 bits per heavy atom. The van der Waals surface area contributed by atoms with Gasteiger partial charge in [-0.25, -0.2) is 4.98 Å². The highest BCUT2D eigenvalue weighted by Gasteiger charge is 2.31. The maximum atomic E-state index is 13.6. The van der Waals surface area contributed by atoms with Crippen LogP contribution in [0.5, 0.6) is 0 Å². The van der Waals surface area contributed by atoms with Crippen molar-refractivity contribution in [1.29, 1.82) is 0 Å². The van der Waals surface area contributed by atoms with Gasteiger partial charge in [0.15, 0.2) is 0 Å². The van der Waals surface area contributed by atoms with Crippen LogP contribution >= 0.6 is 0 Å². The Kier molecular flexibility index (Phi) is 6.21. The van der Waals surface area contributed by atoms with Gasteiger partial charge in [-0.15, -0.1) is 0 Å². The fourth-order valence-electron chi connectivity index (χ4n) is 5.45. The highest BCUT2D eigenvalue weighted by atomic mass is 16.5. The van der Waals surface area contributed by atoms with Crippen LogP contribution in [0.4, 0.5) is 0 Å². The Morgan fingerprint density at radius 1 is 1.12 bits per heavy atom. The van der Waals surface area contributed by atoms with Crippen molar-refractivity contribution in [2.24, 2.45) is 0 Å². The lowest BCUT2D eigenvalue weighted by molar-refractivity contribution is 0.0144. The number of piperidine rings is 2. The molecule has 2 aliphatic heterocycles. The van der Waals surface area contributed by atoms with Crippen LogP contribution in [0.3, 0.4) is 0 Å². The van der Waals surface area contributed by atoms with Crippen LogP contribution < -0.4 is 5.56 Å². The molecule has 2 aliphatic rings. The predicted molar refractivity (Wildman–Crippen MR) is 128 cm³/mol. The number of ether oxygens (including phenoxy) is 1. The molecule has 0 spiro atoms. The number of hydrogen-bond donors (Lipinski definition) is 0. The molecular formula is C25H33N5O3. The van der Waals surface area contributed by atoms with E-state index in [0.29, 0.717) is 41.1 Å². The van der Waals surface area contributed by atoms with Crippen LogP contribution in [0, 0.1) is 0 Å². The predicted octanol–water partition coefficient (Wildman–Crippen LogP) is 2.77. The minimum Gasteiger partial charge on any atom is -0.381 e. The molecule has 2 saturated heterocycles. The lowest BCUT2D eigenvalue weighted by Gasteiger charge is -2.41. The number of amides is 1. The van der Waals surface area contributed by atoms with Crippen molar-refractivity contribution in [3.8, 4) is 0 Å². The van der Waals surface area contributed by atoms with E-state index < -0.39 is 0 Å². The normalized spacial score (nSPS) is 19.0. The van der Waals surface area contributed by atoms with Crippen molar-refractivity contribution in [3.05, 3.63) is 46.5 Å². The van der Waals surface area contributed by atoms with E-state index >= 15 is 0 Å². The number of hydrogen-bond acceptors (Lipinski definition) is 5. The van der Waals surface area contributed by atoms with Crippen molar-refractivity contribution in [3.63, 3.8) is 0 Å². The minimum absolute atomic E-state index is 0.00597. The van der Waals surface area contributed by atoms with Gasteiger partial charge in [-0.05, 0) is 50.3 Å². The Morgan fingerprint density at radius 2 is 1.88 bits per heavy atom. The summed E-state index contributed by atoms with van der Waals surface area (Å²) in [4.78, 5) is 35.9. The Labute approximate surface area is 193 Å². The average molecular weight is 452 g/mol. The third kappa shape index (κ3) is 4.06. The van der Waals surface area contributed by atoms with E-state index in [0.717, 1.165) is 58.3 Å². The Balaban J connectivity index is 1.37. The molecule has 8 heteroatoms. The highest BCUT2D eigenvalue weighted by molar-refractivity contribution is 5.98. The van der Waals surface area contributed by atoms with Crippen LogP contribution in [-0.4, -0.2) is 75.1 Å². The first kappa shape index (κ1) is 22.1. The summed E-state index contributed by atoms with van der Waals surface area (Å²) in [6.07, 6.45) is 7.12. The molecule has 0 bridgehead atoms. The van der Waals surface area contributed by atoms with Gasteiger partial charge in [0.1, 0.15) is 17.0 Å². The van der Waals surface area contributed by atoms with Crippen molar-refractivity contribution in [2.75, 3.05) is 33.3 Å². The SMILES string of the molecule is CCCn1c(C(=O)N2CCC(N3CCC(OC)CC3)CC2)cc2c(=O)n3ccccc3nc21. The first-order valence-electron chi connectivity index (χ1n) is 12.2. The molecule has 0 radical (unpaired) electrons. The molecule has 3 aromatic heterocycles. The lowest BCUT2D eigenvalue weighted by atomic mass is 9.98. The van der Waals surface area contributed by atoms with Gasteiger partial charge in [0.2, 0.25) is 0 Å². The summed E-state index contributed by atoms with van der Waals surface area (Å²) in [6, 6.07) is 7.80. The minimum atomic E-state index is -0.127. The van der Waals surface area contributed by atoms with Gasteiger partial charge in [0.25, 0.3) is 11.5 Å². The summed E-state index contributed by atoms with van der Waals surface area (Å²) < 4.78 is 8.99. The third-order valence-electron chi connectivity index (χ3n) is 7.32. The molecule has 0 aliphatic carbocycles. The standard InChI is InChI=1S/C25H33N5O3/c1-3-11-29-21(17-20-23(29)26-22-6-4-5-12-30(22)24(20)31)25(32)28-13-7-18(8-14-28)27-15-9-19(33-2)10-16-27/h4-6,12,17-19H,3,7-11,13-16H2,1-2H3. The molecule has 0 saturated carbocycles. The Hall–Kier alpha value is -2.71. The quantitative estimate of drug-likeness (QED) is 0.597. The fourth-order valence-corrected chi connectivity index (χ4v) is 5.45. The maximum Gasteiger partial charge on any atom is 0.270 e. The largest absolute Gasteiger partial charge is 0.381 e. The molecular weight excluding hydrogens is 418 g/mol. The molecule has 1 amide bonds. The number of fused-ring (bicyclic) bond motifs is 2. The molecule has 5 heterocycles. The zero-order valence-electron chi connectivity index (χ0n) is 19.6. The van der Waals surface area contributed by atoms with Gasteiger partial charge >= 0.3 is 0 Å². The number of likely N-dealkylation sites (tertiary alicyclic amines) is 2. The topological polar surface area (TPSA) is 72.1 Å². The van der Waals surface area contributed by atoms with E-state index in [-0.39, 0.29) is 11.5 Å². The van der Waals surface area contributed by atoms with E-state index in [9.17, 15) is 9.59 Å². The van der Waals surface area contributed by atoms with E-state index in [1.807, 2.05) is 27.7 Å². The van der Waals surface area contributed by atoms with Crippen molar-refractivity contribution < 1.29 is 9.53 Å². The molecule has 33 heavy (non-hydrogen) atoms. The van der Waals surface area contributed by atoms with Gasteiger partial charge in [-0.2, -0.15) is 0 Å². The average Bonchev–Trinajstić information content (AvgIpc) is 3.22. The number of carbonyl (C=O) groups is 1. The number of carbonyl (C=O) groups excluding carboxylic acids is 1. The number of aryl methyl sites for hydroxylation is 1. The summed E-state index contributed by atoms with van der Waals surface area (Å²) in [5, 5.41) is 0.506. The van der Waals surface area contributed by atoms with Crippen LogP contribution in [0.25, 0.3) is 16.7 Å². The third-order valence-corrected chi connectivity index (χ3v) is 7.32. The van der Waals surface area contributed by atoms with Crippen molar-refractivity contribution in [2.45, 2.75) is 57.7 Å². The number of aromatic nitrogens is 3. The lowest BCUT2D eigenvalue weighted by Crippen LogP contribution is -2.49. The second-order valence-electron chi connectivity index (χ2n) is 9.26. The van der Waals surface area contributed by atoms with E-state index in [2.05, 4.69) is 11.8 Å². The molecule has 3 aromatic rings. The zero-order chi connectivity index (χ0) is 22.9. The van der Waals surface area contributed by atoms with E-state index in [1.54, 1.807) is 23.8 Å². The first-order chi connectivity index (χ1) is 16.1. The summed E-state index contributed by atoms with van der Waals surface area (Å²) in [5.74, 6) is 0.00597. The molecule has 8 nitrogen and oxygen atoms in total. The maximum absolute atomic E-state index is 13.6. The summed E-state index contributed by atoms with van der Waals surface area (Å²) >= 11 is 0. The van der Waals surface area contributed by atoms with E-state index in [4.69, 9.17) is 9.72 Å². The number of rotatable bonds is 5. The van der Waals surface area contributed by atoms with Crippen LogP contribution in [0.2, 0.25) is 0 Å². The summed E-state index contributed by atoms with van der Waals surface area (Å²) in [6.45, 7) is 6.37. The van der Waals surface area contributed by atoms with Crippen LogP contribution in [-0.2, 0) is 11.3 Å². The Bertz CT molecular complexity index is 1200. The number of methoxy groups -OCH3 is 1. The van der Waals surface area contributed by atoms with E-state index in [1.165, 1.54) is 0 Å². The van der Waals surface area contributed by atoms with Crippen LogP contribution in [0.1, 0.15) is 49.5 Å². The van der Waals surface area contributed by atoms with Crippen molar-refractivity contribution in [1.82, 2.24) is 23.8 Å². The highest BCUT2D eigenvalue weighted by Crippen LogP contribution is 2.24. The first-order valence-corrected chi connectivity index (χ1v) is 12.2. The second kappa shape index (κ2) is 9.27. The molecule has 0 N–H and O–H groups in total. The van der Waals surface area contributed by atoms with Crippen molar-refractivity contribution >= 4 is 22.6 Å². The van der Waals surface area contributed by atoms with Crippen LogP contribution in [0.15, 0.2) is 35.3 Å². The van der Waals surface area contributed by atoms with Gasteiger partial charge in [0, 0.05) is 52.1 Å². The van der Waals surface area contributed by atoms with Gasteiger partial charge in [0.05, 0.1) is 11.5 Å². The summed E-state index contributed by atoms with van der Waals surface area (Å²) in [7, 11) is 1.80. The zero-order valence-corrected chi connectivity index (χ0v) is 19.6. The smallest absolute Gasteiger partial charge is 0.270 e. The summed E-state index contributed by atoms with van der Waals surface area (Å²) in [5.41, 5.74) is 1.65. The molecule has 2 fully saturated rings. The molecule has 0 aromatic carbocycles.